The molecule has 0 aromatic heterocycles. The molecule has 0 radical (unpaired) electrons. The summed E-state index contributed by atoms with van der Waals surface area (Å²) in [6, 6.07) is 8.34. The first-order valence-electron chi connectivity index (χ1n) is 8.16. The molecule has 2 rings (SSSR count). The van der Waals surface area contributed by atoms with Gasteiger partial charge in [-0.05, 0) is 49.3 Å². The van der Waals surface area contributed by atoms with Gasteiger partial charge in [-0.25, -0.2) is 0 Å². The summed E-state index contributed by atoms with van der Waals surface area (Å²) in [4.78, 5) is 12.2. The van der Waals surface area contributed by atoms with Gasteiger partial charge in [-0.3, -0.25) is 4.79 Å². The number of carbonyl (C=O) groups is 1. The third-order valence-electron chi connectivity index (χ3n) is 4.86. The maximum Gasteiger partial charge on any atom is 0.220 e. The number of aryl methyl sites for hydroxylation is 1. The van der Waals surface area contributed by atoms with E-state index in [0.29, 0.717) is 19.5 Å². The minimum Gasteiger partial charge on any atom is -0.356 e. The van der Waals surface area contributed by atoms with E-state index in [1.54, 1.807) is 0 Å². The first-order chi connectivity index (χ1) is 10.2. The summed E-state index contributed by atoms with van der Waals surface area (Å²) >= 11 is 0. The van der Waals surface area contributed by atoms with E-state index in [0.717, 1.165) is 19.3 Å². The van der Waals surface area contributed by atoms with Crippen LogP contribution >= 0.6 is 12.4 Å². The van der Waals surface area contributed by atoms with Gasteiger partial charge in [-0.1, -0.05) is 43.5 Å². The Morgan fingerprint density at radius 1 is 1.23 bits per heavy atom. The number of nitrogens with two attached hydrogens (primary N) is 1. The lowest BCUT2D eigenvalue weighted by Gasteiger charge is -2.35. The van der Waals surface area contributed by atoms with Gasteiger partial charge in [-0.2, -0.15) is 0 Å². The molecule has 0 spiro atoms. The lowest BCUT2D eigenvalue weighted by Crippen LogP contribution is -2.39. The summed E-state index contributed by atoms with van der Waals surface area (Å²) in [5.74, 6) is 0.163. The van der Waals surface area contributed by atoms with E-state index in [1.165, 1.54) is 30.4 Å². The minimum atomic E-state index is 0. The Morgan fingerprint density at radius 3 is 2.55 bits per heavy atom. The first kappa shape index (κ1) is 19.0. The predicted octanol–water partition coefficient (Wildman–Crippen LogP) is 3.37. The topological polar surface area (TPSA) is 55.1 Å². The van der Waals surface area contributed by atoms with Gasteiger partial charge in [0.1, 0.15) is 0 Å². The second kappa shape index (κ2) is 9.16. The monoisotopic (exact) mass is 324 g/mol. The van der Waals surface area contributed by atoms with Crippen LogP contribution in [0.3, 0.4) is 0 Å². The molecule has 3 nitrogen and oxygen atoms in total. The Labute approximate surface area is 140 Å². The quantitative estimate of drug-likeness (QED) is 0.843. The number of amides is 1. The third kappa shape index (κ3) is 5.29. The van der Waals surface area contributed by atoms with Crippen LogP contribution < -0.4 is 11.1 Å². The molecule has 0 saturated heterocycles. The minimum absolute atomic E-state index is 0. The maximum absolute atomic E-state index is 12.2. The van der Waals surface area contributed by atoms with E-state index >= 15 is 0 Å². The number of hydrogen-bond donors (Lipinski definition) is 2. The number of benzene rings is 1. The Balaban J connectivity index is 0.00000242. The molecular formula is C18H29ClN2O. The molecule has 1 aliphatic carbocycles. The Bertz CT molecular complexity index is 470. The van der Waals surface area contributed by atoms with Gasteiger partial charge in [0.15, 0.2) is 0 Å². The van der Waals surface area contributed by atoms with Crippen molar-refractivity contribution in [2.45, 2.75) is 51.9 Å². The molecule has 0 atom stereocenters. The molecule has 1 saturated carbocycles. The van der Waals surface area contributed by atoms with Crippen molar-refractivity contribution in [3.63, 3.8) is 0 Å². The van der Waals surface area contributed by atoms with Crippen LogP contribution in [0.15, 0.2) is 24.3 Å². The molecule has 0 heterocycles. The summed E-state index contributed by atoms with van der Waals surface area (Å²) < 4.78 is 0. The van der Waals surface area contributed by atoms with Crippen molar-refractivity contribution in [3.8, 4) is 0 Å². The highest BCUT2D eigenvalue weighted by molar-refractivity contribution is 5.85. The largest absolute Gasteiger partial charge is 0.356 e. The van der Waals surface area contributed by atoms with Crippen molar-refractivity contribution in [1.29, 1.82) is 0 Å². The predicted molar refractivity (Wildman–Crippen MR) is 94.3 cm³/mol. The number of carbonyl (C=O) groups excluding carboxylic acids is 1. The lowest BCUT2D eigenvalue weighted by molar-refractivity contribution is -0.123. The van der Waals surface area contributed by atoms with E-state index in [1.807, 2.05) is 6.07 Å². The highest BCUT2D eigenvalue weighted by atomic mass is 35.5. The maximum atomic E-state index is 12.2. The molecule has 1 aliphatic rings. The van der Waals surface area contributed by atoms with E-state index in [-0.39, 0.29) is 23.7 Å². The van der Waals surface area contributed by atoms with Crippen LogP contribution in [-0.4, -0.2) is 19.0 Å². The zero-order valence-electron chi connectivity index (χ0n) is 13.6. The summed E-state index contributed by atoms with van der Waals surface area (Å²) in [6.45, 7) is 3.46. The molecule has 1 aromatic carbocycles. The average molecular weight is 325 g/mol. The molecule has 3 N–H and O–H groups in total. The molecule has 0 bridgehead atoms. The van der Waals surface area contributed by atoms with Gasteiger partial charge >= 0.3 is 0 Å². The number of halogens is 1. The summed E-state index contributed by atoms with van der Waals surface area (Å²) in [5.41, 5.74) is 8.61. The van der Waals surface area contributed by atoms with Crippen molar-refractivity contribution in [2.75, 3.05) is 13.1 Å². The van der Waals surface area contributed by atoms with Crippen LogP contribution in [0.2, 0.25) is 0 Å². The smallest absolute Gasteiger partial charge is 0.220 e. The molecule has 1 amide bonds. The van der Waals surface area contributed by atoms with Crippen molar-refractivity contribution in [2.24, 2.45) is 11.1 Å². The standard InChI is InChI=1S/C18H28N2O.ClH/c1-15-7-3-4-8-16(15)9-12-20-17(21)13-18(14-19)10-5-2-6-11-18;/h3-4,7-8H,2,5-6,9-14,19H2,1H3,(H,20,21);1H. The SMILES string of the molecule is Cc1ccccc1CCNC(=O)CC1(CN)CCCCC1.Cl. The molecule has 1 aromatic rings. The fourth-order valence-electron chi connectivity index (χ4n) is 3.39. The van der Waals surface area contributed by atoms with Gasteiger partial charge in [0.2, 0.25) is 5.91 Å². The Kier molecular flexibility index (Phi) is 7.91. The molecule has 22 heavy (non-hydrogen) atoms. The van der Waals surface area contributed by atoms with Crippen LogP contribution in [0.4, 0.5) is 0 Å². The van der Waals surface area contributed by atoms with Crippen molar-refractivity contribution < 1.29 is 4.79 Å². The van der Waals surface area contributed by atoms with Crippen molar-refractivity contribution in [1.82, 2.24) is 5.32 Å². The summed E-state index contributed by atoms with van der Waals surface area (Å²) in [6.07, 6.45) is 7.42. The number of nitrogens with one attached hydrogen (secondary N) is 1. The number of hydrogen-bond acceptors (Lipinski definition) is 2. The van der Waals surface area contributed by atoms with E-state index < -0.39 is 0 Å². The second-order valence-electron chi connectivity index (χ2n) is 6.47. The van der Waals surface area contributed by atoms with Crippen LogP contribution in [0.5, 0.6) is 0 Å². The fraction of sp³-hybridized carbons (Fsp3) is 0.611. The first-order valence-corrected chi connectivity index (χ1v) is 8.16. The summed E-state index contributed by atoms with van der Waals surface area (Å²) in [5, 5.41) is 3.07. The van der Waals surface area contributed by atoms with Crippen LogP contribution in [-0.2, 0) is 11.2 Å². The second-order valence-corrected chi connectivity index (χ2v) is 6.47. The van der Waals surface area contributed by atoms with E-state index in [2.05, 4.69) is 30.4 Å². The number of rotatable bonds is 6. The van der Waals surface area contributed by atoms with Crippen molar-refractivity contribution >= 4 is 18.3 Å². The highest BCUT2D eigenvalue weighted by Crippen LogP contribution is 2.38. The van der Waals surface area contributed by atoms with Crippen LogP contribution in [0.1, 0.15) is 49.7 Å². The van der Waals surface area contributed by atoms with Gasteiger partial charge in [-0.15, -0.1) is 12.4 Å². The van der Waals surface area contributed by atoms with Crippen LogP contribution in [0.25, 0.3) is 0 Å². The molecule has 124 valence electrons. The zero-order chi connectivity index (χ0) is 15.1. The zero-order valence-corrected chi connectivity index (χ0v) is 14.4. The Morgan fingerprint density at radius 2 is 1.91 bits per heavy atom. The average Bonchev–Trinajstić information content (AvgIpc) is 2.50. The van der Waals surface area contributed by atoms with Gasteiger partial charge < -0.3 is 11.1 Å². The lowest BCUT2D eigenvalue weighted by atomic mass is 9.71. The van der Waals surface area contributed by atoms with Crippen molar-refractivity contribution in [3.05, 3.63) is 35.4 Å². The molecule has 0 aliphatic heterocycles. The fourth-order valence-corrected chi connectivity index (χ4v) is 3.39. The normalized spacial score (nSPS) is 16.6. The summed E-state index contributed by atoms with van der Waals surface area (Å²) in [7, 11) is 0. The molecule has 0 unspecified atom stereocenters. The van der Waals surface area contributed by atoms with Gasteiger partial charge in [0, 0.05) is 13.0 Å². The highest BCUT2D eigenvalue weighted by Gasteiger charge is 2.32. The molecular weight excluding hydrogens is 296 g/mol. The molecule has 1 fully saturated rings. The third-order valence-corrected chi connectivity index (χ3v) is 4.86. The van der Waals surface area contributed by atoms with Gasteiger partial charge in [0.25, 0.3) is 0 Å². The Hall–Kier alpha value is -1.06. The molecule has 4 heteroatoms. The van der Waals surface area contributed by atoms with Gasteiger partial charge in [0.05, 0.1) is 0 Å². The van der Waals surface area contributed by atoms with Crippen LogP contribution in [0, 0.1) is 12.3 Å². The van der Waals surface area contributed by atoms with E-state index in [4.69, 9.17) is 5.73 Å². The van der Waals surface area contributed by atoms with E-state index in [9.17, 15) is 4.79 Å².